The monoisotopic (exact) mass is 299 g/mol. The lowest BCUT2D eigenvalue weighted by molar-refractivity contribution is 0.101. The van der Waals surface area contributed by atoms with Gasteiger partial charge in [0.25, 0.3) is 5.91 Å². The Labute approximate surface area is 125 Å². The molecule has 0 unspecified atom stereocenters. The number of benzene rings is 1. The van der Waals surface area contributed by atoms with Crippen molar-refractivity contribution in [2.75, 3.05) is 5.32 Å². The number of carbonyl (C=O) groups is 1. The SMILES string of the molecule is Cc1cc(C(=O)Nc2cccc(-c3csc(C)n3)c2)no1. The third-order valence-corrected chi connectivity index (χ3v) is 3.67. The molecule has 2 heterocycles. The Morgan fingerprint density at radius 2 is 2.14 bits per heavy atom. The van der Waals surface area contributed by atoms with E-state index in [1.165, 1.54) is 0 Å². The number of aryl methyl sites for hydroxylation is 2. The summed E-state index contributed by atoms with van der Waals surface area (Å²) in [5, 5.41) is 9.51. The van der Waals surface area contributed by atoms with Crippen molar-refractivity contribution in [1.82, 2.24) is 10.1 Å². The molecule has 106 valence electrons. The van der Waals surface area contributed by atoms with E-state index in [9.17, 15) is 4.79 Å². The van der Waals surface area contributed by atoms with Crippen LogP contribution in [-0.2, 0) is 0 Å². The number of rotatable bonds is 3. The Morgan fingerprint density at radius 3 is 2.81 bits per heavy atom. The summed E-state index contributed by atoms with van der Waals surface area (Å²) < 4.78 is 4.90. The molecule has 0 radical (unpaired) electrons. The molecule has 2 aromatic heterocycles. The van der Waals surface area contributed by atoms with Gasteiger partial charge in [-0.15, -0.1) is 11.3 Å². The summed E-state index contributed by atoms with van der Waals surface area (Å²) >= 11 is 1.60. The first-order valence-corrected chi connectivity index (χ1v) is 7.27. The van der Waals surface area contributed by atoms with Crippen LogP contribution in [0.3, 0.4) is 0 Å². The second kappa shape index (κ2) is 5.49. The van der Waals surface area contributed by atoms with Crippen LogP contribution < -0.4 is 5.32 Å². The fraction of sp³-hybridized carbons (Fsp3) is 0.133. The van der Waals surface area contributed by atoms with Crippen LogP contribution in [-0.4, -0.2) is 16.0 Å². The Balaban J connectivity index is 1.82. The van der Waals surface area contributed by atoms with Crippen molar-refractivity contribution in [2.45, 2.75) is 13.8 Å². The number of anilines is 1. The van der Waals surface area contributed by atoms with Crippen LogP contribution in [0.15, 0.2) is 40.2 Å². The summed E-state index contributed by atoms with van der Waals surface area (Å²) in [7, 11) is 0. The quantitative estimate of drug-likeness (QED) is 0.801. The number of thiazole rings is 1. The summed E-state index contributed by atoms with van der Waals surface area (Å²) in [4.78, 5) is 16.5. The van der Waals surface area contributed by atoms with Gasteiger partial charge in [-0.05, 0) is 26.0 Å². The average molecular weight is 299 g/mol. The second-order valence-corrected chi connectivity index (χ2v) is 5.67. The summed E-state index contributed by atoms with van der Waals surface area (Å²) in [6.45, 7) is 3.71. The Hall–Kier alpha value is -2.47. The van der Waals surface area contributed by atoms with Gasteiger partial charge in [0.15, 0.2) is 5.69 Å². The largest absolute Gasteiger partial charge is 0.361 e. The Morgan fingerprint density at radius 1 is 1.29 bits per heavy atom. The van der Waals surface area contributed by atoms with E-state index in [4.69, 9.17) is 4.52 Å². The van der Waals surface area contributed by atoms with E-state index >= 15 is 0 Å². The van der Waals surface area contributed by atoms with Crippen LogP contribution in [0.1, 0.15) is 21.3 Å². The molecule has 5 nitrogen and oxygen atoms in total. The molecule has 3 aromatic rings. The molecule has 1 N–H and O–H groups in total. The van der Waals surface area contributed by atoms with E-state index in [1.807, 2.05) is 36.6 Å². The summed E-state index contributed by atoms with van der Waals surface area (Å²) in [5.74, 6) is 0.310. The molecule has 0 atom stereocenters. The van der Waals surface area contributed by atoms with E-state index in [-0.39, 0.29) is 11.6 Å². The molecule has 1 aromatic carbocycles. The predicted molar refractivity (Wildman–Crippen MR) is 81.5 cm³/mol. The van der Waals surface area contributed by atoms with Crippen LogP contribution in [0.2, 0.25) is 0 Å². The molecule has 3 rings (SSSR count). The minimum Gasteiger partial charge on any atom is -0.361 e. The first-order chi connectivity index (χ1) is 10.1. The lowest BCUT2D eigenvalue weighted by Gasteiger charge is -2.04. The van der Waals surface area contributed by atoms with Gasteiger partial charge in [-0.1, -0.05) is 17.3 Å². The van der Waals surface area contributed by atoms with Crippen molar-refractivity contribution in [1.29, 1.82) is 0 Å². The van der Waals surface area contributed by atoms with Gasteiger partial charge in [0.2, 0.25) is 0 Å². The highest BCUT2D eigenvalue weighted by Gasteiger charge is 2.11. The van der Waals surface area contributed by atoms with Gasteiger partial charge >= 0.3 is 0 Å². The number of hydrogen-bond acceptors (Lipinski definition) is 5. The molecule has 0 spiro atoms. The highest BCUT2D eigenvalue weighted by Crippen LogP contribution is 2.24. The molecule has 21 heavy (non-hydrogen) atoms. The van der Waals surface area contributed by atoms with Gasteiger partial charge in [-0.25, -0.2) is 4.98 Å². The molecule has 0 bridgehead atoms. The van der Waals surface area contributed by atoms with Crippen molar-refractivity contribution >= 4 is 22.9 Å². The standard InChI is InChI=1S/C15H13N3O2S/c1-9-6-13(18-20-9)15(19)17-12-5-3-4-11(7-12)14-8-21-10(2)16-14/h3-8H,1-2H3,(H,17,19). The summed E-state index contributed by atoms with van der Waals surface area (Å²) in [6, 6.07) is 9.16. The lowest BCUT2D eigenvalue weighted by atomic mass is 10.1. The number of nitrogens with one attached hydrogen (secondary N) is 1. The van der Waals surface area contributed by atoms with Gasteiger partial charge in [0.05, 0.1) is 10.7 Å². The molecule has 6 heteroatoms. The lowest BCUT2D eigenvalue weighted by Crippen LogP contribution is -2.12. The fourth-order valence-electron chi connectivity index (χ4n) is 1.92. The Kier molecular flexibility index (Phi) is 3.53. The van der Waals surface area contributed by atoms with Gasteiger partial charge in [-0.2, -0.15) is 0 Å². The fourth-order valence-corrected chi connectivity index (χ4v) is 2.54. The maximum Gasteiger partial charge on any atom is 0.277 e. The molecule has 0 fully saturated rings. The van der Waals surface area contributed by atoms with Crippen LogP contribution in [0.5, 0.6) is 0 Å². The van der Waals surface area contributed by atoms with Gasteiger partial charge in [-0.3, -0.25) is 4.79 Å². The van der Waals surface area contributed by atoms with Crippen molar-refractivity contribution in [3.8, 4) is 11.3 Å². The van der Waals surface area contributed by atoms with Crippen LogP contribution in [0.25, 0.3) is 11.3 Å². The third-order valence-electron chi connectivity index (χ3n) is 2.90. The highest BCUT2D eigenvalue weighted by molar-refractivity contribution is 7.09. The molecule has 0 aliphatic rings. The van der Waals surface area contributed by atoms with E-state index in [1.54, 1.807) is 24.3 Å². The predicted octanol–water partition coefficient (Wildman–Crippen LogP) is 3.67. The highest BCUT2D eigenvalue weighted by atomic mass is 32.1. The van der Waals surface area contributed by atoms with Crippen LogP contribution in [0.4, 0.5) is 5.69 Å². The summed E-state index contributed by atoms with van der Waals surface area (Å²) in [6.07, 6.45) is 0. The number of hydrogen-bond donors (Lipinski definition) is 1. The van der Waals surface area contributed by atoms with Gasteiger partial charge in [0.1, 0.15) is 5.76 Å². The zero-order valence-electron chi connectivity index (χ0n) is 11.6. The van der Waals surface area contributed by atoms with Gasteiger partial charge < -0.3 is 9.84 Å². The minimum absolute atomic E-state index is 0.266. The molecule has 0 saturated carbocycles. The minimum atomic E-state index is -0.293. The number of amides is 1. The zero-order valence-corrected chi connectivity index (χ0v) is 12.4. The first-order valence-electron chi connectivity index (χ1n) is 6.39. The van der Waals surface area contributed by atoms with Crippen molar-refractivity contribution < 1.29 is 9.32 Å². The van der Waals surface area contributed by atoms with Crippen LogP contribution in [0, 0.1) is 13.8 Å². The van der Waals surface area contributed by atoms with Crippen molar-refractivity contribution in [3.05, 3.63) is 52.2 Å². The average Bonchev–Trinajstić information content (AvgIpc) is 3.08. The van der Waals surface area contributed by atoms with Gasteiger partial charge in [0, 0.05) is 22.7 Å². The third kappa shape index (κ3) is 3.00. The molecule has 0 aliphatic carbocycles. The Bertz CT molecular complexity index is 792. The van der Waals surface area contributed by atoms with E-state index in [2.05, 4.69) is 15.5 Å². The second-order valence-electron chi connectivity index (χ2n) is 4.61. The number of aromatic nitrogens is 2. The molecule has 1 amide bonds. The number of nitrogens with zero attached hydrogens (tertiary/aromatic N) is 2. The zero-order chi connectivity index (χ0) is 14.8. The molecular formula is C15H13N3O2S. The topological polar surface area (TPSA) is 68.0 Å². The maximum atomic E-state index is 12.0. The van der Waals surface area contributed by atoms with E-state index < -0.39 is 0 Å². The molecular weight excluding hydrogens is 286 g/mol. The van der Waals surface area contributed by atoms with E-state index in [0.29, 0.717) is 11.4 Å². The van der Waals surface area contributed by atoms with Crippen LogP contribution >= 0.6 is 11.3 Å². The van der Waals surface area contributed by atoms with E-state index in [0.717, 1.165) is 16.3 Å². The van der Waals surface area contributed by atoms with Crippen molar-refractivity contribution in [3.63, 3.8) is 0 Å². The number of carbonyl (C=O) groups excluding carboxylic acids is 1. The first kappa shape index (κ1) is 13.5. The molecule has 0 saturated heterocycles. The summed E-state index contributed by atoms with van der Waals surface area (Å²) in [5.41, 5.74) is 2.84. The maximum absolute atomic E-state index is 12.0. The normalized spacial score (nSPS) is 10.6. The molecule has 0 aliphatic heterocycles. The van der Waals surface area contributed by atoms with Crippen molar-refractivity contribution in [2.24, 2.45) is 0 Å². The smallest absolute Gasteiger partial charge is 0.277 e.